The predicted octanol–water partition coefficient (Wildman–Crippen LogP) is 5.41. The molecule has 2 N–H and O–H groups in total. The van der Waals surface area contributed by atoms with Crippen molar-refractivity contribution in [1.29, 1.82) is 0 Å². The third kappa shape index (κ3) is 5.96. The second kappa shape index (κ2) is 11.8. The topological polar surface area (TPSA) is 108 Å². The lowest BCUT2D eigenvalue weighted by Gasteiger charge is -2.25. The van der Waals surface area contributed by atoms with Gasteiger partial charge >= 0.3 is 6.03 Å². The Balaban J connectivity index is 1.53. The van der Waals surface area contributed by atoms with Crippen molar-refractivity contribution in [3.63, 3.8) is 0 Å². The van der Waals surface area contributed by atoms with Crippen molar-refractivity contribution in [1.82, 2.24) is 5.32 Å². The number of benzene rings is 4. The van der Waals surface area contributed by atoms with Gasteiger partial charge < -0.3 is 15.5 Å². The molecule has 4 aromatic rings. The van der Waals surface area contributed by atoms with Crippen molar-refractivity contribution in [2.24, 2.45) is 4.99 Å². The first-order valence-electron chi connectivity index (χ1n) is 13.1. The third-order valence-electron chi connectivity index (χ3n) is 6.80. The van der Waals surface area contributed by atoms with E-state index in [-0.39, 0.29) is 18.1 Å². The molecule has 8 heteroatoms. The Hall–Kier alpha value is -5.37. The van der Waals surface area contributed by atoms with Crippen LogP contribution in [0, 0.1) is 6.92 Å². The van der Waals surface area contributed by atoms with Crippen LogP contribution in [0.1, 0.15) is 44.3 Å². The summed E-state index contributed by atoms with van der Waals surface area (Å²) in [4.78, 5) is 58.5. The average Bonchev–Trinajstić information content (AvgIpc) is 3.08. The van der Waals surface area contributed by atoms with Crippen LogP contribution in [0.4, 0.5) is 16.2 Å². The summed E-state index contributed by atoms with van der Waals surface area (Å²) in [6.07, 6.45) is -1.33. The largest absolute Gasteiger partial charge is 0.321 e. The van der Waals surface area contributed by atoms with Crippen molar-refractivity contribution in [3.8, 4) is 0 Å². The summed E-state index contributed by atoms with van der Waals surface area (Å²) in [5, 5.41) is 5.35. The molecule has 0 aromatic heterocycles. The van der Waals surface area contributed by atoms with Gasteiger partial charge in [-0.3, -0.25) is 14.4 Å². The molecule has 8 nitrogen and oxygen atoms in total. The Labute approximate surface area is 237 Å². The van der Waals surface area contributed by atoms with Gasteiger partial charge in [0.2, 0.25) is 6.17 Å². The van der Waals surface area contributed by atoms with Gasteiger partial charge in [-0.1, -0.05) is 84.9 Å². The second-order valence-electron chi connectivity index (χ2n) is 9.66. The van der Waals surface area contributed by atoms with E-state index >= 15 is 0 Å². The predicted molar refractivity (Wildman–Crippen MR) is 159 cm³/mol. The molecule has 0 saturated carbocycles. The zero-order valence-corrected chi connectivity index (χ0v) is 22.6. The van der Waals surface area contributed by atoms with Crippen LogP contribution < -0.4 is 15.5 Å². The molecule has 0 spiro atoms. The minimum atomic E-state index is -1.33. The van der Waals surface area contributed by atoms with Crippen molar-refractivity contribution in [2.45, 2.75) is 20.0 Å². The summed E-state index contributed by atoms with van der Waals surface area (Å²) in [7, 11) is 0. The van der Waals surface area contributed by atoms with Crippen LogP contribution >= 0.6 is 0 Å². The second-order valence-corrected chi connectivity index (χ2v) is 9.66. The van der Waals surface area contributed by atoms with E-state index in [1.54, 1.807) is 48.5 Å². The van der Waals surface area contributed by atoms with Crippen LogP contribution in [-0.2, 0) is 4.79 Å². The molecule has 0 bridgehead atoms. The normalized spacial score (nSPS) is 14.4. The highest BCUT2D eigenvalue weighted by molar-refractivity contribution is 6.21. The summed E-state index contributed by atoms with van der Waals surface area (Å²) < 4.78 is 0. The molecular weight excluding hydrogens is 516 g/mol. The Morgan fingerprint density at radius 2 is 1.56 bits per heavy atom. The van der Waals surface area contributed by atoms with Crippen LogP contribution in [0.3, 0.4) is 0 Å². The molecule has 0 aliphatic carbocycles. The van der Waals surface area contributed by atoms with E-state index in [1.165, 1.54) is 11.8 Å². The zero-order chi connectivity index (χ0) is 28.9. The number of nitrogens with one attached hydrogen (secondary N) is 2. The van der Waals surface area contributed by atoms with Gasteiger partial charge in [0.25, 0.3) is 5.91 Å². The number of rotatable bonds is 7. The Morgan fingerprint density at radius 1 is 0.854 bits per heavy atom. The summed E-state index contributed by atoms with van der Waals surface area (Å²) in [5.41, 5.74) is 4.57. The maximum Gasteiger partial charge on any atom is 0.321 e. The molecule has 1 aliphatic rings. The fourth-order valence-electron chi connectivity index (χ4n) is 4.73. The van der Waals surface area contributed by atoms with Gasteiger partial charge in [-0.2, -0.15) is 0 Å². The quantitative estimate of drug-likeness (QED) is 0.303. The van der Waals surface area contributed by atoms with Gasteiger partial charge in [0.1, 0.15) is 0 Å². The molecular formula is C33H28N4O4. The van der Waals surface area contributed by atoms with E-state index in [1.807, 2.05) is 61.5 Å². The third-order valence-corrected chi connectivity index (χ3v) is 6.80. The number of carbonyl (C=O) groups is 4. The highest BCUT2D eigenvalue weighted by Crippen LogP contribution is 2.29. The number of para-hydroxylation sites is 1. The van der Waals surface area contributed by atoms with Crippen LogP contribution in [0.5, 0.6) is 0 Å². The van der Waals surface area contributed by atoms with E-state index in [0.29, 0.717) is 33.8 Å². The lowest BCUT2D eigenvalue weighted by molar-refractivity contribution is -0.120. The number of hydrogen-bond acceptors (Lipinski definition) is 5. The SMILES string of the molecule is CC(=O)c1cccc(NC(=O)N[C@H]2N=C(c3ccccc3)c3ccccc3N(CC(=O)c3ccccc3C)C2=O)c1. The van der Waals surface area contributed by atoms with Crippen molar-refractivity contribution in [3.05, 3.63) is 131 Å². The Kier molecular flexibility index (Phi) is 7.83. The van der Waals surface area contributed by atoms with Gasteiger partial charge in [-0.05, 0) is 37.6 Å². The van der Waals surface area contributed by atoms with E-state index in [9.17, 15) is 19.2 Å². The number of fused-ring (bicyclic) bond motifs is 1. The van der Waals surface area contributed by atoms with Crippen molar-refractivity contribution >= 4 is 40.6 Å². The smallest absolute Gasteiger partial charge is 0.308 e. The maximum atomic E-state index is 14.0. The lowest BCUT2D eigenvalue weighted by Crippen LogP contribution is -2.50. The molecule has 1 aliphatic heterocycles. The average molecular weight is 545 g/mol. The maximum absolute atomic E-state index is 14.0. The standard InChI is InChI=1S/C33H28N4O4/c1-21-11-6-7-16-26(21)29(39)20-37-28-18-9-8-17-27(28)30(23-12-4-3-5-13-23)35-31(32(37)40)36-33(41)34-25-15-10-14-24(19-25)22(2)38/h3-19,31H,20H2,1-2H3,(H2,34,36,41)/t31-/m1/s1. The molecule has 3 amide bonds. The molecule has 0 fully saturated rings. The molecule has 1 heterocycles. The molecule has 5 rings (SSSR count). The van der Waals surface area contributed by atoms with Crippen molar-refractivity contribution < 1.29 is 19.2 Å². The van der Waals surface area contributed by atoms with Gasteiger partial charge in [0.05, 0.1) is 17.9 Å². The number of benzodiazepines with no additional fused rings is 1. The fourth-order valence-corrected chi connectivity index (χ4v) is 4.73. The number of anilines is 2. The van der Waals surface area contributed by atoms with Crippen LogP contribution in [0.15, 0.2) is 108 Å². The molecule has 0 radical (unpaired) electrons. The Morgan fingerprint density at radius 3 is 2.32 bits per heavy atom. The summed E-state index contributed by atoms with van der Waals surface area (Å²) in [5.74, 6) is -0.937. The summed E-state index contributed by atoms with van der Waals surface area (Å²) in [6, 6.07) is 29.6. The zero-order valence-electron chi connectivity index (χ0n) is 22.6. The van der Waals surface area contributed by atoms with Crippen LogP contribution in [0.2, 0.25) is 0 Å². The lowest BCUT2D eigenvalue weighted by atomic mass is 9.99. The van der Waals surface area contributed by atoms with Gasteiger partial charge in [-0.25, -0.2) is 9.79 Å². The highest BCUT2D eigenvalue weighted by atomic mass is 16.2. The number of aliphatic imine (C=N–C) groups is 1. The van der Waals surface area contributed by atoms with Gasteiger partial charge in [0.15, 0.2) is 11.6 Å². The Bertz CT molecular complexity index is 1680. The first-order chi connectivity index (χ1) is 19.8. The molecule has 0 saturated heterocycles. The van der Waals surface area contributed by atoms with E-state index in [4.69, 9.17) is 4.99 Å². The molecule has 0 unspecified atom stereocenters. The highest BCUT2D eigenvalue weighted by Gasteiger charge is 2.34. The number of urea groups is 1. The number of Topliss-reactive ketones (excluding diaryl/α,β-unsaturated/α-hetero) is 2. The van der Waals surface area contributed by atoms with E-state index in [0.717, 1.165) is 11.1 Å². The first kappa shape index (κ1) is 27.2. The molecule has 204 valence electrons. The number of carbonyl (C=O) groups excluding carboxylic acids is 4. The molecule has 4 aromatic carbocycles. The summed E-state index contributed by atoms with van der Waals surface area (Å²) in [6.45, 7) is 3.05. The van der Waals surface area contributed by atoms with Crippen LogP contribution in [-0.4, -0.2) is 41.9 Å². The minimum absolute atomic E-state index is 0.142. The number of amides is 3. The molecule has 41 heavy (non-hydrogen) atoms. The van der Waals surface area contributed by atoms with E-state index < -0.39 is 18.1 Å². The number of aryl methyl sites for hydroxylation is 1. The fraction of sp³-hybridized carbons (Fsp3) is 0.121. The van der Waals surface area contributed by atoms with Crippen LogP contribution in [0.25, 0.3) is 0 Å². The summed E-state index contributed by atoms with van der Waals surface area (Å²) >= 11 is 0. The minimum Gasteiger partial charge on any atom is -0.308 e. The molecule has 1 atom stereocenters. The van der Waals surface area contributed by atoms with Gasteiger partial charge in [0, 0.05) is 27.9 Å². The first-order valence-corrected chi connectivity index (χ1v) is 13.1. The number of ketones is 2. The van der Waals surface area contributed by atoms with Crippen molar-refractivity contribution in [2.75, 3.05) is 16.8 Å². The number of nitrogens with zero attached hydrogens (tertiary/aromatic N) is 2. The monoisotopic (exact) mass is 544 g/mol. The van der Waals surface area contributed by atoms with Gasteiger partial charge in [-0.15, -0.1) is 0 Å². The van der Waals surface area contributed by atoms with E-state index in [2.05, 4.69) is 10.6 Å². The number of hydrogen-bond donors (Lipinski definition) is 2.